The molecule has 1 atom stereocenters. The van der Waals surface area contributed by atoms with Gasteiger partial charge in [0.25, 0.3) is 0 Å². The van der Waals surface area contributed by atoms with E-state index in [-0.39, 0.29) is 30.9 Å². The molecule has 0 spiro atoms. The van der Waals surface area contributed by atoms with Gasteiger partial charge in [-0.2, -0.15) is 0 Å². The van der Waals surface area contributed by atoms with Crippen molar-refractivity contribution in [1.82, 2.24) is 10.2 Å². The lowest BCUT2D eigenvalue weighted by atomic mass is 10.1. The van der Waals surface area contributed by atoms with Gasteiger partial charge in [0, 0.05) is 26.1 Å². The number of para-hydroxylation sites is 1. The van der Waals surface area contributed by atoms with E-state index in [4.69, 9.17) is 14.2 Å². The van der Waals surface area contributed by atoms with Crippen molar-refractivity contribution in [1.29, 1.82) is 0 Å². The van der Waals surface area contributed by atoms with Crippen molar-refractivity contribution in [2.45, 2.75) is 19.4 Å². The third-order valence-electron chi connectivity index (χ3n) is 5.33. The highest BCUT2D eigenvalue weighted by Crippen LogP contribution is 2.32. The molecule has 1 unspecified atom stereocenters. The fraction of sp³-hybridized carbons (Fsp3) is 0.364. The van der Waals surface area contributed by atoms with Gasteiger partial charge in [-0.05, 0) is 35.7 Å². The molecule has 29 heavy (non-hydrogen) atoms. The van der Waals surface area contributed by atoms with Crippen molar-refractivity contribution in [2.75, 3.05) is 27.0 Å². The largest absolute Gasteiger partial charge is 0.496 e. The van der Waals surface area contributed by atoms with Crippen molar-refractivity contribution < 1.29 is 23.8 Å². The minimum absolute atomic E-state index is 0.0168. The minimum atomic E-state index is -0.325. The summed E-state index contributed by atoms with van der Waals surface area (Å²) in [5.41, 5.74) is 1.98. The molecule has 2 aromatic carbocycles. The summed E-state index contributed by atoms with van der Waals surface area (Å²) in [4.78, 5) is 26.7. The number of ether oxygens (including phenoxy) is 3. The number of carbonyl (C=O) groups is 2. The van der Waals surface area contributed by atoms with Crippen LogP contribution in [0.2, 0.25) is 0 Å². The van der Waals surface area contributed by atoms with Gasteiger partial charge in [-0.25, -0.2) is 0 Å². The van der Waals surface area contributed by atoms with Crippen LogP contribution in [0.1, 0.15) is 17.5 Å². The van der Waals surface area contributed by atoms with Crippen molar-refractivity contribution in [3.05, 3.63) is 53.6 Å². The maximum atomic E-state index is 12.6. The van der Waals surface area contributed by atoms with Gasteiger partial charge in [-0.15, -0.1) is 0 Å². The van der Waals surface area contributed by atoms with Crippen LogP contribution in [0, 0.1) is 5.92 Å². The average Bonchev–Trinajstić information content (AvgIpc) is 3.36. The molecule has 0 aliphatic carbocycles. The second-order valence-corrected chi connectivity index (χ2v) is 7.21. The number of amides is 2. The molecule has 1 N–H and O–H groups in total. The van der Waals surface area contributed by atoms with Gasteiger partial charge in [0.2, 0.25) is 18.6 Å². The Bertz CT molecular complexity index is 914. The number of fused-ring (bicyclic) bond motifs is 1. The summed E-state index contributed by atoms with van der Waals surface area (Å²) >= 11 is 0. The van der Waals surface area contributed by atoms with Crippen molar-refractivity contribution >= 4 is 11.8 Å². The predicted octanol–water partition coefficient (Wildman–Crippen LogP) is 2.13. The molecule has 0 bridgehead atoms. The Labute approximate surface area is 169 Å². The monoisotopic (exact) mass is 396 g/mol. The van der Waals surface area contributed by atoms with Crippen LogP contribution >= 0.6 is 0 Å². The van der Waals surface area contributed by atoms with Gasteiger partial charge in [-0.1, -0.05) is 24.3 Å². The van der Waals surface area contributed by atoms with Gasteiger partial charge in [0.1, 0.15) is 5.75 Å². The summed E-state index contributed by atoms with van der Waals surface area (Å²) in [6, 6.07) is 13.4. The summed E-state index contributed by atoms with van der Waals surface area (Å²) < 4.78 is 16.0. The Morgan fingerprint density at radius 3 is 2.90 bits per heavy atom. The van der Waals surface area contributed by atoms with E-state index in [2.05, 4.69) is 5.32 Å². The molecule has 2 amide bonds. The molecule has 2 heterocycles. The van der Waals surface area contributed by atoms with Crippen LogP contribution in [0.4, 0.5) is 0 Å². The number of methoxy groups -OCH3 is 1. The van der Waals surface area contributed by atoms with Gasteiger partial charge >= 0.3 is 0 Å². The maximum absolute atomic E-state index is 12.6. The van der Waals surface area contributed by atoms with E-state index in [0.29, 0.717) is 37.6 Å². The number of nitrogens with zero attached hydrogens (tertiary/aromatic N) is 1. The molecule has 1 fully saturated rings. The van der Waals surface area contributed by atoms with Crippen molar-refractivity contribution in [3.63, 3.8) is 0 Å². The average molecular weight is 396 g/mol. The zero-order valence-corrected chi connectivity index (χ0v) is 16.3. The Balaban J connectivity index is 1.28. The highest BCUT2D eigenvalue weighted by atomic mass is 16.7. The van der Waals surface area contributed by atoms with Gasteiger partial charge < -0.3 is 24.4 Å². The summed E-state index contributed by atoms with van der Waals surface area (Å²) in [7, 11) is 1.64. The molecular formula is C22H24N2O5. The van der Waals surface area contributed by atoms with Gasteiger partial charge in [0.15, 0.2) is 11.5 Å². The summed E-state index contributed by atoms with van der Waals surface area (Å²) in [5.74, 6) is 1.81. The van der Waals surface area contributed by atoms with Crippen LogP contribution < -0.4 is 19.5 Å². The molecule has 2 aromatic rings. The van der Waals surface area contributed by atoms with E-state index in [9.17, 15) is 9.59 Å². The van der Waals surface area contributed by atoms with Crippen LogP contribution in [0.15, 0.2) is 42.5 Å². The Kier molecular flexibility index (Phi) is 5.55. The molecule has 0 radical (unpaired) electrons. The maximum Gasteiger partial charge on any atom is 0.231 e. The first-order valence-electron chi connectivity index (χ1n) is 9.70. The van der Waals surface area contributed by atoms with E-state index < -0.39 is 0 Å². The van der Waals surface area contributed by atoms with E-state index in [0.717, 1.165) is 16.9 Å². The third-order valence-corrected chi connectivity index (χ3v) is 5.33. The van der Waals surface area contributed by atoms with Crippen LogP contribution in [0.5, 0.6) is 17.2 Å². The Morgan fingerprint density at radius 2 is 2.03 bits per heavy atom. The quantitative estimate of drug-likeness (QED) is 0.776. The minimum Gasteiger partial charge on any atom is -0.496 e. The van der Waals surface area contributed by atoms with Gasteiger partial charge in [0.05, 0.1) is 13.0 Å². The zero-order valence-electron chi connectivity index (χ0n) is 16.3. The number of likely N-dealkylation sites (tertiary alicyclic amines) is 1. The highest BCUT2D eigenvalue weighted by Gasteiger charge is 2.34. The molecule has 1 saturated heterocycles. The highest BCUT2D eigenvalue weighted by molar-refractivity contribution is 5.89. The van der Waals surface area contributed by atoms with E-state index >= 15 is 0 Å². The number of rotatable bonds is 7. The first-order valence-corrected chi connectivity index (χ1v) is 9.70. The number of hydrogen-bond acceptors (Lipinski definition) is 5. The normalized spacial score (nSPS) is 17.5. The smallest absolute Gasteiger partial charge is 0.231 e. The molecule has 152 valence electrons. The van der Waals surface area contributed by atoms with E-state index in [1.165, 1.54) is 0 Å². The molecule has 2 aliphatic rings. The lowest BCUT2D eigenvalue weighted by molar-refractivity contribution is -0.129. The van der Waals surface area contributed by atoms with Crippen LogP contribution in [0.25, 0.3) is 0 Å². The van der Waals surface area contributed by atoms with Crippen LogP contribution in [-0.2, 0) is 22.6 Å². The number of carbonyl (C=O) groups excluding carboxylic acids is 2. The number of benzene rings is 2. The number of nitrogens with one attached hydrogen (secondary N) is 1. The second kappa shape index (κ2) is 8.43. The van der Waals surface area contributed by atoms with Crippen LogP contribution in [0.3, 0.4) is 0 Å². The first kappa shape index (κ1) is 19.1. The van der Waals surface area contributed by atoms with Gasteiger partial charge in [-0.3, -0.25) is 9.59 Å². The summed E-state index contributed by atoms with van der Waals surface area (Å²) in [5, 5.41) is 2.93. The standard InChI is InChI=1S/C22H24N2O5/c1-27-18-5-3-2-4-16(18)8-9-24-13-17(11-21(24)25)22(26)23-12-15-6-7-19-20(10-15)29-14-28-19/h2-7,10,17H,8-9,11-14H2,1H3,(H,23,26). The topological polar surface area (TPSA) is 77.1 Å². The molecule has 7 heteroatoms. The fourth-order valence-electron chi connectivity index (χ4n) is 3.71. The summed E-state index contributed by atoms with van der Waals surface area (Å²) in [6.45, 7) is 1.63. The summed E-state index contributed by atoms with van der Waals surface area (Å²) in [6.07, 6.45) is 0.945. The number of hydrogen-bond donors (Lipinski definition) is 1. The van der Waals surface area contributed by atoms with E-state index in [1.807, 2.05) is 42.5 Å². The fourth-order valence-corrected chi connectivity index (χ4v) is 3.71. The zero-order chi connectivity index (χ0) is 20.2. The van der Waals surface area contributed by atoms with Crippen molar-refractivity contribution in [3.8, 4) is 17.2 Å². The third kappa shape index (κ3) is 4.29. The van der Waals surface area contributed by atoms with Crippen LogP contribution in [-0.4, -0.2) is 43.7 Å². The molecule has 7 nitrogen and oxygen atoms in total. The second-order valence-electron chi connectivity index (χ2n) is 7.21. The SMILES string of the molecule is COc1ccccc1CCN1CC(C(=O)NCc2ccc3c(c2)OCO3)CC1=O. The predicted molar refractivity (Wildman–Crippen MR) is 106 cm³/mol. The van der Waals surface area contributed by atoms with E-state index in [1.54, 1.807) is 12.0 Å². The Hall–Kier alpha value is -3.22. The molecular weight excluding hydrogens is 372 g/mol. The Morgan fingerprint density at radius 1 is 1.21 bits per heavy atom. The first-order chi connectivity index (χ1) is 14.1. The molecule has 4 rings (SSSR count). The molecule has 2 aliphatic heterocycles. The molecule has 0 saturated carbocycles. The lowest BCUT2D eigenvalue weighted by Crippen LogP contribution is -2.33. The van der Waals surface area contributed by atoms with Crippen molar-refractivity contribution in [2.24, 2.45) is 5.92 Å². The lowest BCUT2D eigenvalue weighted by Gasteiger charge is -2.17. The molecule has 0 aromatic heterocycles.